The van der Waals surface area contributed by atoms with E-state index >= 15 is 0 Å². The number of fused-ring (bicyclic) bond motifs is 1. The van der Waals surface area contributed by atoms with Gasteiger partial charge in [0.1, 0.15) is 18.3 Å². The van der Waals surface area contributed by atoms with Crippen LogP contribution in [-0.4, -0.2) is 43.7 Å². The number of carbonyl (C=O) groups excluding carboxylic acids is 1. The van der Waals surface area contributed by atoms with Gasteiger partial charge in [-0.05, 0) is 67.5 Å². The molecule has 1 amide bonds. The molecule has 4 aromatic rings. The minimum absolute atomic E-state index is 0.0145. The first-order valence-electron chi connectivity index (χ1n) is 12.3. The molecule has 1 N–H and O–H groups in total. The Balaban J connectivity index is 0.000000244. The zero-order valence-corrected chi connectivity index (χ0v) is 22.2. The fourth-order valence-corrected chi connectivity index (χ4v) is 4.77. The first-order chi connectivity index (χ1) is 18.4. The number of H-pyrrole nitrogens is 1. The van der Waals surface area contributed by atoms with Crippen molar-refractivity contribution in [1.29, 1.82) is 0 Å². The Bertz CT molecular complexity index is 1490. The average molecular weight is 582 g/mol. The summed E-state index contributed by atoms with van der Waals surface area (Å²) in [4.78, 5) is 20.8. The lowest BCUT2D eigenvalue weighted by molar-refractivity contribution is -0.128. The van der Waals surface area contributed by atoms with Crippen LogP contribution in [0, 0.1) is 5.82 Å². The van der Waals surface area contributed by atoms with Crippen molar-refractivity contribution in [3.05, 3.63) is 101 Å². The molecule has 1 aliphatic heterocycles. The maximum atomic E-state index is 13.5. The maximum Gasteiger partial charge on any atom is 0.250 e. The number of benzene rings is 2. The lowest BCUT2D eigenvalue weighted by Gasteiger charge is -2.24. The highest BCUT2D eigenvalue weighted by Crippen LogP contribution is 2.36. The van der Waals surface area contributed by atoms with E-state index in [4.69, 9.17) is 9.84 Å². The second-order valence-electron chi connectivity index (χ2n) is 9.00. The number of halogens is 3. The number of hydrogen-bond acceptors (Lipinski definition) is 4. The number of hydrogen-bond donors (Lipinski definition) is 1. The standard InChI is InChI=1S/C21H21BrFN3O2.C7H5FN2/c1-2-11-25-19(27)13-28-21(25)18-12-26(17-9-5-15(22)6-10-17)24-20(18)14-3-7-16(23)8-4-14;8-5-1-2-6-7(3-5)10-4-9-6/h3,5-10,12,14,21H,2,4,11,13H2,1H3;1-4H,(H,9,10). The molecule has 38 heavy (non-hydrogen) atoms. The summed E-state index contributed by atoms with van der Waals surface area (Å²) in [5, 5.41) is 4.80. The molecule has 1 fully saturated rings. The maximum absolute atomic E-state index is 13.5. The first-order valence-corrected chi connectivity index (χ1v) is 13.1. The van der Waals surface area contributed by atoms with Gasteiger partial charge in [0, 0.05) is 28.7 Å². The smallest absolute Gasteiger partial charge is 0.250 e. The monoisotopic (exact) mass is 581 g/mol. The molecule has 3 heterocycles. The number of aromatic amines is 1. The average Bonchev–Trinajstić information content (AvgIpc) is 3.64. The molecule has 0 radical (unpaired) electrons. The van der Waals surface area contributed by atoms with E-state index in [1.165, 1.54) is 18.2 Å². The van der Waals surface area contributed by atoms with Crippen molar-refractivity contribution < 1.29 is 18.3 Å². The molecule has 2 aromatic heterocycles. The predicted molar refractivity (Wildman–Crippen MR) is 144 cm³/mol. The Hall–Kier alpha value is -3.63. The number of rotatable bonds is 5. The zero-order valence-electron chi connectivity index (χ0n) is 20.7. The summed E-state index contributed by atoms with van der Waals surface area (Å²) in [5.41, 5.74) is 4.10. The van der Waals surface area contributed by atoms with Crippen molar-refractivity contribution in [3.63, 3.8) is 0 Å². The number of nitrogens with one attached hydrogen (secondary N) is 1. The van der Waals surface area contributed by atoms with E-state index in [1.54, 1.807) is 28.1 Å². The molecule has 2 unspecified atom stereocenters. The number of aromatic nitrogens is 4. The molecule has 1 saturated heterocycles. The van der Waals surface area contributed by atoms with Crippen LogP contribution < -0.4 is 0 Å². The van der Waals surface area contributed by atoms with Crippen LogP contribution in [0.5, 0.6) is 0 Å². The van der Waals surface area contributed by atoms with Gasteiger partial charge in [0.25, 0.3) is 5.91 Å². The zero-order chi connectivity index (χ0) is 26.6. The van der Waals surface area contributed by atoms with Gasteiger partial charge in [-0.2, -0.15) is 5.10 Å². The summed E-state index contributed by atoms with van der Waals surface area (Å²) in [5.74, 6) is -0.546. The van der Waals surface area contributed by atoms with E-state index in [0.29, 0.717) is 13.0 Å². The molecule has 7 nitrogen and oxygen atoms in total. The van der Waals surface area contributed by atoms with E-state index in [0.717, 1.165) is 38.9 Å². The van der Waals surface area contributed by atoms with E-state index in [-0.39, 0.29) is 30.1 Å². The van der Waals surface area contributed by atoms with Crippen molar-refractivity contribution in [2.24, 2.45) is 0 Å². The minimum atomic E-state index is -0.462. The minimum Gasteiger partial charge on any atom is -0.345 e. The molecule has 1 aliphatic carbocycles. The van der Waals surface area contributed by atoms with Gasteiger partial charge in [0.15, 0.2) is 6.23 Å². The van der Waals surface area contributed by atoms with Crippen molar-refractivity contribution in [2.45, 2.75) is 31.9 Å². The summed E-state index contributed by atoms with van der Waals surface area (Å²) in [6, 6.07) is 12.3. The summed E-state index contributed by atoms with van der Waals surface area (Å²) in [6.07, 6.45) is 9.25. The van der Waals surface area contributed by atoms with Crippen LogP contribution in [0.2, 0.25) is 0 Å². The lowest BCUT2D eigenvalue weighted by Crippen LogP contribution is -2.29. The third kappa shape index (κ3) is 5.61. The molecule has 0 spiro atoms. The Morgan fingerprint density at radius 1 is 1.18 bits per heavy atom. The second-order valence-corrected chi connectivity index (χ2v) is 9.91. The van der Waals surface area contributed by atoms with Crippen LogP contribution in [-0.2, 0) is 9.53 Å². The number of carbonyl (C=O) groups is 1. The molecule has 10 heteroatoms. The summed E-state index contributed by atoms with van der Waals surface area (Å²) >= 11 is 3.45. The topological polar surface area (TPSA) is 76.0 Å². The summed E-state index contributed by atoms with van der Waals surface area (Å²) < 4.78 is 34.6. The van der Waals surface area contributed by atoms with E-state index in [9.17, 15) is 13.6 Å². The number of amides is 1. The second kappa shape index (κ2) is 11.4. The van der Waals surface area contributed by atoms with E-state index < -0.39 is 6.23 Å². The van der Waals surface area contributed by atoms with Crippen LogP contribution in [0.4, 0.5) is 8.78 Å². The highest BCUT2D eigenvalue weighted by atomic mass is 79.9. The summed E-state index contributed by atoms with van der Waals surface area (Å²) in [7, 11) is 0. The van der Waals surface area contributed by atoms with Gasteiger partial charge in [-0.25, -0.2) is 18.4 Å². The molecular weight excluding hydrogens is 556 g/mol. The molecule has 6 rings (SSSR count). The first kappa shape index (κ1) is 26.0. The van der Waals surface area contributed by atoms with Crippen LogP contribution in [0.15, 0.2) is 83.5 Å². The van der Waals surface area contributed by atoms with Gasteiger partial charge in [-0.3, -0.25) is 4.79 Å². The van der Waals surface area contributed by atoms with Gasteiger partial charge >= 0.3 is 0 Å². The van der Waals surface area contributed by atoms with Crippen molar-refractivity contribution in [1.82, 2.24) is 24.6 Å². The van der Waals surface area contributed by atoms with E-state index in [2.05, 4.69) is 25.9 Å². The molecular formula is C28H26BrF2N5O2. The van der Waals surface area contributed by atoms with Gasteiger partial charge in [0.2, 0.25) is 0 Å². The number of allylic oxidation sites excluding steroid dienone is 4. The SMILES string of the molecule is CCCN1C(=O)COC1c1cn(-c2ccc(Br)cc2)nc1C1C=CC(F)=CC1.Fc1ccc2nc[nH]c2c1. The van der Waals surface area contributed by atoms with Gasteiger partial charge in [-0.1, -0.05) is 28.9 Å². The third-order valence-electron chi connectivity index (χ3n) is 6.35. The number of imidazole rings is 1. The molecule has 0 bridgehead atoms. The Morgan fingerprint density at radius 3 is 2.74 bits per heavy atom. The Morgan fingerprint density at radius 2 is 2.00 bits per heavy atom. The summed E-state index contributed by atoms with van der Waals surface area (Å²) in [6.45, 7) is 2.73. The van der Waals surface area contributed by atoms with Gasteiger partial charge < -0.3 is 14.6 Å². The molecule has 2 aliphatic rings. The molecule has 2 aromatic carbocycles. The molecule has 196 valence electrons. The lowest BCUT2D eigenvalue weighted by atomic mass is 9.94. The highest BCUT2D eigenvalue weighted by molar-refractivity contribution is 9.10. The molecule has 2 atom stereocenters. The van der Waals surface area contributed by atoms with Crippen molar-refractivity contribution in [3.8, 4) is 5.69 Å². The van der Waals surface area contributed by atoms with Crippen molar-refractivity contribution >= 4 is 32.9 Å². The van der Waals surface area contributed by atoms with Crippen LogP contribution in [0.25, 0.3) is 16.7 Å². The highest BCUT2D eigenvalue weighted by Gasteiger charge is 2.36. The fraction of sp³-hybridized carbons (Fsp3) is 0.250. The van der Waals surface area contributed by atoms with Crippen LogP contribution in [0.1, 0.15) is 43.2 Å². The number of nitrogens with zero attached hydrogens (tertiary/aromatic N) is 4. The largest absolute Gasteiger partial charge is 0.345 e. The number of ether oxygens (including phenoxy) is 1. The third-order valence-corrected chi connectivity index (χ3v) is 6.88. The van der Waals surface area contributed by atoms with Crippen LogP contribution in [0.3, 0.4) is 0 Å². The normalized spacial score (nSPS) is 19.0. The molecule has 0 saturated carbocycles. The Labute approximate surface area is 226 Å². The predicted octanol–water partition coefficient (Wildman–Crippen LogP) is 6.50. The Kier molecular flexibility index (Phi) is 7.80. The van der Waals surface area contributed by atoms with Crippen LogP contribution >= 0.6 is 15.9 Å². The van der Waals surface area contributed by atoms with E-state index in [1.807, 2.05) is 43.5 Å². The quantitative estimate of drug-likeness (QED) is 0.292. The van der Waals surface area contributed by atoms with Gasteiger partial charge in [0.05, 0.1) is 28.7 Å². The van der Waals surface area contributed by atoms with Gasteiger partial charge in [-0.15, -0.1) is 0 Å². The van der Waals surface area contributed by atoms with Crippen molar-refractivity contribution in [2.75, 3.05) is 13.2 Å². The fourth-order valence-electron chi connectivity index (χ4n) is 4.50.